The van der Waals surface area contributed by atoms with Crippen LogP contribution >= 0.6 is 0 Å². The van der Waals surface area contributed by atoms with E-state index in [9.17, 15) is 9.59 Å². The lowest BCUT2D eigenvalue weighted by Crippen LogP contribution is -2.35. The predicted octanol–water partition coefficient (Wildman–Crippen LogP) is 4.07. The summed E-state index contributed by atoms with van der Waals surface area (Å²) in [7, 11) is 1.56. The molecule has 2 heterocycles. The average Bonchev–Trinajstić information content (AvgIpc) is 3.03. The third-order valence-corrected chi connectivity index (χ3v) is 6.31. The molecular formula is C26H31N3O3. The SMILES string of the molecule is COCCN1C(=O)C(Nc2ccc(N3CCC(C)CC3)cc2)=C(c2ccc(C)cc2)C1=O. The largest absolute Gasteiger partial charge is 0.383 e. The molecule has 2 aromatic rings. The number of carbonyl (C=O) groups is 2. The van der Waals surface area contributed by atoms with Crippen LogP contribution in [0.25, 0.3) is 5.57 Å². The Morgan fingerprint density at radius 1 is 0.969 bits per heavy atom. The van der Waals surface area contributed by atoms with E-state index in [1.54, 1.807) is 7.11 Å². The molecule has 4 rings (SSSR count). The third kappa shape index (κ3) is 4.55. The van der Waals surface area contributed by atoms with Crippen molar-refractivity contribution >= 4 is 28.8 Å². The van der Waals surface area contributed by atoms with E-state index >= 15 is 0 Å². The van der Waals surface area contributed by atoms with Gasteiger partial charge in [0, 0.05) is 31.6 Å². The highest BCUT2D eigenvalue weighted by atomic mass is 16.5. The fourth-order valence-corrected chi connectivity index (χ4v) is 4.23. The Hall–Kier alpha value is -3.12. The van der Waals surface area contributed by atoms with Crippen molar-refractivity contribution in [3.63, 3.8) is 0 Å². The third-order valence-electron chi connectivity index (χ3n) is 6.31. The van der Waals surface area contributed by atoms with Crippen LogP contribution in [0.5, 0.6) is 0 Å². The highest BCUT2D eigenvalue weighted by Crippen LogP contribution is 2.31. The second-order valence-electron chi connectivity index (χ2n) is 8.71. The second-order valence-corrected chi connectivity index (χ2v) is 8.71. The normalized spacial score (nSPS) is 17.5. The van der Waals surface area contributed by atoms with Crippen LogP contribution in [-0.4, -0.2) is 50.1 Å². The van der Waals surface area contributed by atoms with Gasteiger partial charge >= 0.3 is 0 Å². The van der Waals surface area contributed by atoms with E-state index in [2.05, 4.69) is 29.3 Å². The molecule has 1 saturated heterocycles. The van der Waals surface area contributed by atoms with E-state index in [1.165, 1.54) is 23.4 Å². The Labute approximate surface area is 189 Å². The van der Waals surface area contributed by atoms with Crippen molar-refractivity contribution in [2.24, 2.45) is 5.92 Å². The topological polar surface area (TPSA) is 61.9 Å². The highest BCUT2D eigenvalue weighted by Gasteiger charge is 2.38. The van der Waals surface area contributed by atoms with Gasteiger partial charge in [-0.2, -0.15) is 0 Å². The number of rotatable bonds is 7. The van der Waals surface area contributed by atoms with E-state index in [-0.39, 0.29) is 18.4 Å². The summed E-state index contributed by atoms with van der Waals surface area (Å²) in [6, 6.07) is 15.8. The van der Waals surface area contributed by atoms with Gasteiger partial charge in [0.25, 0.3) is 11.8 Å². The number of ether oxygens (including phenoxy) is 1. The molecule has 0 aliphatic carbocycles. The van der Waals surface area contributed by atoms with Crippen molar-refractivity contribution in [1.29, 1.82) is 0 Å². The zero-order valence-electron chi connectivity index (χ0n) is 19.1. The Balaban J connectivity index is 1.60. The number of amides is 2. The minimum Gasteiger partial charge on any atom is -0.383 e. The van der Waals surface area contributed by atoms with E-state index in [1.807, 2.05) is 43.3 Å². The van der Waals surface area contributed by atoms with Crippen LogP contribution < -0.4 is 10.2 Å². The van der Waals surface area contributed by atoms with Crippen LogP contribution in [0.1, 0.15) is 30.9 Å². The fraction of sp³-hybridized carbons (Fsp3) is 0.385. The molecule has 0 unspecified atom stereocenters. The lowest BCUT2D eigenvalue weighted by molar-refractivity contribution is -0.137. The molecule has 2 aliphatic rings. The Kier molecular flexibility index (Phi) is 6.61. The van der Waals surface area contributed by atoms with Gasteiger partial charge in [0.1, 0.15) is 5.70 Å². The van der Waals surface area contributed by atoms with Crippen LogP contribution in [0.2, 0.25) is 0 Å². The number of nitrogens with zero attached hydrogens (tertiary/aromatic N) is 2. The van der Waals surface area contributed by atoms with Gasteiger partial charge in [0.2, 0.25) is 0 Å². The Morgan fingerprint density at radius 2 is 1.62 bits per heavy atom. The van der Waals surface area contributed by atoms with Crippen LogP contribution in [0.4, 0.5) is 11.4 Å². The van der Waals surface area contributed by atoms with Crippen LogP contribution in [0.3, 0.4) is 0 Å². The summed E-state index contributed by atoms with van der Waals surface area (Å²) in [5.74, 6) is 0.167. The number of methoxy groups -OCH3 is 1. The van der Waals surface area contributed by atoms with Crippen molar-refractivity contribution < 1.29 is 14.3 Å². The number of anilines is 2. The molecule has 0 saturated carbocycles. The molecule has 6 heteroatoms. The number of hydrogen-bond donors (Lipinski definition) is 1. The number of piperidine rings is 1. The number of imide groups is 1. The highest BCUT2D eigenvalue weighted by molar-refractivity contribution is 6.36. The van der Waals surface area contributed by atoms with E-state index in [0.717, 1.165) is 35.8 Å². The first-order valence-electron chi connectivity index (χ1n) is 11.3. The van der Waals surface area contributed by atoms with Gasteiger partial charge in [-0.15, -0.1) is 0 Å². The Morgan fingerprint density at radius 3 is 2.25 bits per heavy atom. The quantitative estimate of drug-likeness (QED) is 0.667. The zero-order valence-corrected chi connectivity index (χ0v) is 19.1. The van der Waals surface area contributed by atoms with Crippen molar-refractivity contribution in [3.05, 3.63) is 65.4 Å². The molecule has 0 spiro atoms. The Bertz CT molecular complexity index is 1000. The first-order valence-corrected chi connectivity index (χ1v) is 11.3. The maximum Gasteiger partial charge on any atom is 0.278 e. The zero-order chi connectivity index (χ0) is 22.7. The van der Waals surface area contributed by atoms with Gasteiger partial charge in [-0.05, 0) is 55.5 Å². The molecule has 0 aromatic heterocycles. The van der Waals surface area contributed by atoms with Gasteiger partial charge in [0.15, 0.2) is 0 Å². The van der Waals surface area contributed by atoms with E-state index in [4.69, 9.17) is 4.74 Å². The molecule has 0 bridgehead atoms. The van der Waals surface area contributed by atoms with E-state index in [0.29, 0.717) is 17.9 Å². The lowest BCUT2D eigenvalue weighted by atomic mass is 9.99. The first-order chi connectivity index (χ1) is 15.5. The summed E-state index contributed by atoms with van der Waals surface area (Å²) in [5, 5.41) is 3.24. The van der Waals surface area contributed by atoms with Gasteiger partial charge in [-0.25, -0.2) is 0 Å². The molecule has 2 aromatic carbocycles. The van der Waals surface area contributed by atoms with Gasteiger partial charge in [-0.1, -0.05) is 36.8 Å². The summed E-state index contributed by atoms with van der Waals surface area (Å²) in [6.45, 7) is 6.96. The van der Waals surface area contributed by atoms with Crippen LogP contribution in [-0.2, 0) is 14.3 Å². The minimum absolute atomic E-state index is 0.223. The minimum atomic E-state index is -0.322. The molecule has 1 fully saturated rings. The maximum atomic E-state index is 13.1. The standard InChI is InChI=1S/C26H31N3O3/c1-18-4-6-20(7-5-18)23-24(26(31)29(25(23)30)16-17-32-3)27-21-8-10-22(11-9-21)28-14-12-19(2)13-15-28/h4-11,19,27H,12-17H2,1-3H3. The van der Waals surface area contributed by atoms with Crippen molar-refractivity contribution in [2.45, 2.75) is 26.7 Å². The summed E-state index contributed by atoms with van der Waals surface area (Å²) >= 11 is 0. The summed E-state index contributed by atoms with van der Waals surface area (Å²) in [5.41, 5.74) is 4.52. The summed E-state index contributed by atoms with van der Waals surface area (Å²) in [6.07, 6.45) is 2.42. The molecular weight excluding hydrogens is 402 g/mol. The van der Waals surface area contributed by atoms with E-state index < -0.39 is 0 Å². The first kappa shape index (κ1) is 22.1. The smallest absolute Gasteiger partial charge is 0.278 e. The molecule has 2 aliphatic heterocycles. The maximum absolute atomic E-state index is 13.1. The van der Waals surface area contributed by atoms with Crippen molar-refractivity contribution in [2.75, 3.05) is 43.6 Å². The lowest BCUT2D eigenvalue weighted by Gasteiger charge is -2.32. The van der Waals surface area contributed by atoms with Gasteiger partial charge < -0.3 is 15.0 Å². The number of nitrogens with one attached hydrogen (secondary N) is 1. The molecule has 0 atom stereocenters. The number of hydrogen-bond acceptors (Lipinski definition) is 5. The number of benzene rings is 2. The van der Waals surface area contributed by atoms with Crippen LogP contribution in [0, 0.1) is 12.8 Å². The number of carbonyl (C=O) groups excluding carboxylic acids is 2. The molecule has 2 amide bonds. The fourth-order valence-electron chi connectivity index (χ4n) is 4.23. The second kappa shape index (κ2) is 9.57. The number of aryl methyl sites for hydroxylation is 1. The average molecular weight is 434 g/mol. The predicted molar refractivity (Wildman–Crippen MR) is 127 cm³/mol. The molecule has 1 N–H and O–H groups in total. The molecule has 6 nitrogen and oxygen atoms in total. The van der Waals surface area contributed by atoms with Gasteiger partial charge in [-0.3, -0.25) is 14.5 Å². The molecule has 168 valence electrons. The van der Waals surface area contributed by atoms with Crippen LogP contribution in [0.15, 0.2) is 54.2 Å². The van der Waals surface area contributed by atoms with Crippen molar-refractivity contribution in [3.8, 4) is 0 Å². The summed E-state index contributed by atoms with van der Waals surface area (Å²) < 4.78 is 5.10. The monoisotopic (exact) mass is 433 g/mol. The van der Waals surface area contributed by atoms with Gasteiger partial charge in [0.05, 0.1) is 18.7 Å². The molecule has 32 heavy (non-hydrogen) atoms. The molecule has 0 radical (unpaired) electrons. The summed E-state index contributed by atoms with van der Waals surface area (Å²) in [4.78, 5) is 29.9. The van der Waals surface area contributed by atoms with Crippen molar-refractivity contribution in [1.82, 2.24) is 4.90 Å².